The molecule has 5 nitrogen and oxygen atoms in total. The number of pyridine rings is 1. The maximum absolute atomic E-state index is 6.20. The number of halogens is 1. The highest BCUT2D eigenvalue weighted by atomic mass is 35.5. The normalized spacial score (nSPS) is 12.1. The molecule has 1 aromatic heterocycles. The molecular formula is C28H26ClN5. The molecule has 0 atom stereocenters. The van der Waals surface area contributed by atoms with Crippen LogP contribution in [0.2, 0.25) is 5.02 Å². The molecule has 170 valence electrons. The molecule has 1 aliphatic heterocycles. The van der Waals surface area contributed by atoms with Gasteiger partial charge in [-0.25, -0.2) is 4.98 Å². The van der Waals surface area contributed by atoms with Gasteiger partial charge < -0.3 is 9.88 Å². The zero-order valence-electron chi connectivity index (χ0n) is 19.7. The molecule has 2 aromatic carbocycles. The molecule has 0 saturated carbocycles. The predicted octanol–water partition coefficient (Wildman–Crippen LogP) is 6.85. The van der Waals surface area contributed by atoms with Crippen LogP contribution in [0.1, 0.15) is 25.1 Å². The number of hydrogen-bond acceptors (Lipinski definition) is 4. The Labute approximate surface area is 204 Å². The van der Waals surface area contributed by atoms with Gasteiger partial charge in [-0.2, -0.15) is 0 Å². The van der Waals surface area contributed by atoms with Crippen LogP contribution in [0.4, 0.5) is 11.4 Å². The first-order valence-corrected chi connectivity index (χ1v) is 11.7. The molecule has 1 aliphatic carbocycles. The predicted molar refractivity (Wildman–Crippen MR) is 140 cm³/mol. The summed E-state index contributed by atoms with van der Waals surface area (Å²) in [6, 6.07) is 22.6. The van der Waals surface area contributed by atoms with Crippen molar-refractivity contribution in [3.8, 4) is 17.1 Å². The number of aryl methyl sites for hydroxylation is 2. The number of nitrogens with zero attached hydrogens (tertiary/aromatic N) is 4. The summed E-state index contributed by atoms with van der Waals surface area (Å²) in [6.45, 7) is 8.23. The summed E-state index contributed by atoms with van der Waals surface area (Å²) < 4.78 is 2.23. The molecule has 0 saturated heterocycles. The molecular weight excluding hydrogens is 442 g/mol. The number of rotatable bonds is 4. The molecule has 0 unspecified atom stereocenters. The van der Waals surface area contributed by atoms with E-state index in [1.54, 1.807) is 0 Å². The lowest BCUT2D eigenvalue weighted by molar-refractivity contribution is 0.806. The van der Waals surface area contributed by atoms with Gasteiger partial charge in [0.1, 0.15) is 0 Å². The molecule has 5 rings (SSSR count). The van der Waals surface area contributed by atoms with Crippen LogP contribution in [-0.2, 0) is 0 Å². The van der Waals surface area contributed by atoms with Gasteiger partial charge >= 0.3 is 0 Å². The van der Waals surface area contributed by atoms with Crippen LogP contribution < -0.4 is 10.7 Å². The van der Waals surface area contributed by atoms with E-state index in [0.29, 0.717) is 5.02 Å². The quantitative estimate of drug-likeness (QED) is 0.294. The minimum absolute atomic E-state index is 0.133. The Morgan fingerprint density at radius 3 is 2.44 bits per heavy atom. The van der Waals surface area contributed by atoms with Gasteiger partial charge in [-0.3, -0.25) is 9.98 Å². The molecule has 2 heterocycles. The van der Waals surface area contributed by atoms with Crippen LogP contribution >= 0.6 is 11.6 Å². The van der Waals surface area contributed by atoms with Gasteiger partial charge in [0.15, 0.2) is 0 Å². The summed E-state index contributed by atoms with van der Waals surface area (Å²) in [5, 5.41) is 5.08. The van der Waals surface area contributed by atoms with Crippen molar-refractivity contribution in [2.45, 2.75) is 33.7 Å². The van der Waals surface area contributed by atoms with Gasteiger partial charge in [-0.15, -0.1) is 0 Å². The Bertz CT molecular complexity index is 1520. The summed E-state index contributed by atoms with van der Waals surface area (Å²) >= 11 is 6.20. The SMILES string of the molecule is Cc1ccc2nc3cc(Nc4ccc(C)nc4)c(=NC(C)C)cc-3n(-c3ccc(Cl)cc3)c2c1. The summed E-state index contributed by atoms with van der Waals surface area (Å²) in [7, 11) is 0. The fourth-order valence-electron chi connectivity index (χ4n) is 4.05. The largest absolute Gasteiger partial charge is 0.352 e. The highest BCUT2D eigenvalue weighted by Crippen LogP contribution is 2.31. The van der Waals surface area contributed by atoms with Crippen molar-refractivity contribution < 1.29 is 0 Å². The molecule has 3 aromatic rings. The van der Waals surface area contributed by atoms with Gasteiger partial charge in [-0.05, 0) is 93.9 Å². The summed E-state index contributed by atoms with van der Waals surface area (Å²) in [5.41, 5.74) is 8.78. The first-order chi connectivity index (χ1) is 16.4. The maximum Gasteiger partial charge on any atom is 0.0900 e. The van der Waals surface area contributed by atoms with E-state index in [1.807, 2.05) is 49.5 Å². The van der Waals surface area contributed by atoms with Crippen LogP contribution in [0.3, 0.4) is 0 Å². The second-order valence-corrected chi connectivity index (χ2v) is 9.25. The number of anilines is 2. The number of hydrogen-bond donors (Lipinski definition) is 1. The maximum atomic E-state index is 6.20. The minimum atomic E-state index is 0.133. The minimum Gasteiger partial charge on any atom is -0.352 e. The third-order valence-corrected chi connectivity index (χ3v) is 5.87. The van der Waals surface area contributed by atoms with E-state index >= 15 is 0 Å². The van der Waals surface area contributed by atoms with Crippen molar-refractivity contribution in [3.63, 3.8) is 0 Å². The average molecular weight is 468 g/mol. The van der Waals surface area contributed by atoms with Crippen molar-refractivity contribution in [2.24, 2.45) is 4.99 Å². The van der Waals surface area contributed by atoms with Crippen LogP contribution in [0, 0.1) is 13.8 Å². The molecule has 34 heavy (non-hydrogen) atoms. The lowest BCUT2D eigenvalue weighted by Crippen LogP contribution is -2.16. The highest BCUT2D eigenvalue weighted by molar-refractivity contribution is 6.30. The summed E-state index contributed by atoms with van der Waals surface area (Å²) in [6.07, 6.45) is 1.84. The fourth-order valence-corrected chi connectivity index (χ4v) is 4.18. The van der Waals surface area contributed by atoms with E-state index < -0.39 is 0 Å². The van der Waals surface area contributed by atoms with Gasteiger partial charge in [0.05, 0.1) is 45.4 Å². The topological polar surface area (TPSA) is 55.1 Å². The van der Waals surface area contributed by atoms with Crippen LogP contribution in [0.15, 0.2) is 77.9 Å². The molecule has 0 radical (unpaired) electrons. The van der Waals surface area contributed by atoms with E-state index in [0.717, 1.165) is 50.5 Å². The first-order valence-electron chi connectivity index (χ1n) is 11.3. The van der Waals surface area contributed by atoms with Crippen molar-refractivity contribution in [3.05, 3.63) is 94.6 Å². The van der Waals surface area contributed by atoms with Crippen LogP contribution in [-0.4, -0.2) is 20.6 Å². The van der Waals surface area contributed by atoms with E-state index in [4.69, 9.17) is 21.6 Å². The molecule has 0 amide bonds. The van der Waals surface area contributed by atoms with Crippen molar-refractivity contribution in [1.29, 1.82) is 0 Å². The van der Waals surface area contributed by atoms with Gasteiger partial charge in [0, 0.05) is 22.4 Å². The van der Waals surface area contributed by atoms with E-state index in [2.05, 4.69) is 66.0 Å². The number of nitrogens with one attached hydrogen (secondary N) is 1. The number of aromatic nitrogens is 3. The lowest BCUT2D eigenvalue weighted by atomic mass is 10.1. The first kappa shape index (κ1) is 22.1. The lowest BCUT2D eigenvalue weighted by Gasteiger charge is -2.21. The zero-order valence-corrected chi connectivity index (χ0v) is 20.4. The van der Waals surface area contributed by atoms with Crippen LogP contribution in [0.25, 0.3) is 28.1 Å². The molecule has 1 N–H and O–H groups in total. The molecule has 6 heteroatoms. The fraction of sp³-hybridized carbons (Fsp3) is 0.179. The molecule has 0 spiro atoms. The van der Waals surface area contributed by atoms with Gasteiger partial charge in [0.2, 0.25) is 0 Å². The summed E-state index contributed by atoms with van der Waals surface area (Å²) in [4.78, 5) is 14.4. The van der Waals surface area contributed by atoms with E-state index in [-0.39, 0.29) is 6.04 Å². The third kappa shape index (κ3) is 4.39. The van der Waals surface area contributed by atoms with Crippen molar-refractivity contribution >= 4 is 34.0 Å². The zero-order chi connectivity index (χ0) is 23.8. The van der Waals surface area contributed by atoms with Crippen molar-refractivity contribution in [2.75, 3.05) is 5.32 Å². The Morgan fingerprint density at radius 2 is 1.74 bits per heavy atom. The molecule has 0 fully saturated rings. The van der Waals surface area contributed by atoms with E-state index in [9.17, 15) is 0 Å². The van der Waals surface area contributed by atoms with Gasteiger partial charge in [0.25, 0.3) is 0 Å². The number of fused-ring (bicyclic) bond motifs is 2. The smallest absolute Gasteiger partial charge is 0.0900 e. The Hall–Kier alpha value is -3.70. The average Bonchev–Trinajstić information content (AvgIpc) is 2.80. The second kappa shape index (κ2) is 8.92. The Morgan fingerprint density at radius 1 is 0.941 bits per heavy atom. The third-order valence-electron chi connectivity index (χ3n) is 5.62. The standard InChI is InChI=1S/C28H26ClN5/c1-17(2)31-25-15-28-26(14-24(25)32-21-9-6-19(4)30-16-21)33-23-12-5-18(3)13-27(23)34(28)22-10-7-20(29)8-11-22/h5-17,32H,1-4H3. The molecule has 0 bridgehead atoms. The van der Waals surface area contributed by atoms with Gasteiger partial charge in [-0.1, -0.05) is 17.7 Å². The molecule has 2 aliphatic rings. The Kier molecular flexibility index (Phi) is 5.80. The Balaban J connectivity index is 1.82. The van der Waals surface area contributed by atoms with Crippen LogP contribution in [0.5, 0.6) is 0 Å². The van der Waals surface area contributed by atoms with Crippen molar-refractivity contribution in [1.82, 2.24) is 14.5 Å². The highest BCUT2D eigenvalue weighted by Gasteiger charge is 2.17. The summed E-state index contributed by atoms with van der Waals surface area (Å²) in [5.74, 6) is 0. The second-order valence-electron chi connectivity index (χ2n) is 8.81. The monoisotopic (exact) mass is 467 g/mol. The van der Waals surface area contributed by atoms with E-state index in [1.165, 1.54) is 5.56 Å². The number of benzene rings is 3.